The van der Waals surface area contributed by atoms with E-state index in [4.69, 9.17) is 0 Å². The molecule has 0 aromatic carbocycles. The molecule has 0 aliphatic carbocycles. The maximum Gasteiger partial charge on any atom is 0.460 e. The lowest BCUT2D eigenvalue weighted by atomic mass is 9.88. The molecule has 0 spiro atoms. The smallest absolute Gasteiger partial charge is 0.200 e. The molecule has 194 valence electrons. The van der Waals surface area contributed by atoms with Gasteiger partial charge in [0.2, 0.25) is 0 Å². The van der Waals surface area contributed by atoms with Crippen molar-refractivity contribution in [2.45, 2.75) is 84.2 Å². The Bertz CT molecular complexity index is 636. The van der Waals surface area contributed by atoms with Gasteiger partial charge in [-0.1, -0.05) is 29.5 Å². The molecule has 0 radical (unpaired) electrons. The summed E-state index contributed by atoms with van der Waals surface area (Å²) < 4.78 is 221. The minimum atomic E-state index is -8.57. The van der Waals surface area contributed by atoms with Crippen molar-refractivity contribution < 1.29 is 74.6 Å². The molecule has 0 aliphatic heterocycles. The number of hydrogen-bond donors (Lipinski definition) is 0. The Morgan fingerprint density at radius 2 is 0.844 bits per heavy atom. The summed E-state index contributed by atoms with van der Waals surface area (Å²) in [6.45, 7) is 1.47. The maximum absolute atomic E-state index is 13.6. The fourth-order valence-electron chi connectivity index (χ4n) is 2.10. The van der Waals surface area contributed by atoms with Crippen molar-refractivity contribution in [3.05, 3.63) is 0 Å². The molecule has 0 aromatic heterocycles. The number of hydrogen-bond acceptors (Lipinski definition) is 0. The standard InChI is InChI=1S/C14H12F17I/c1-2-6(32)4-3-5-7(15,16)8(17,18)9(19,20)10(21,22)11(23,24)12(25,26)13(27,28)14(29,30)31/h6H,2-5H2,1H3. The molecule has 0 bridgehead atoms. The third-order valence-electron chi connectivity index (χ3n) is 4.24. The van der Waals surface area contributed by atoms with Gasteiger partial charge in [0.25, 0.3) is 0 Å². The minimum Gasteiger partial charge on any atom is -0.200 e. The Kier molecular flexibility index (Phi) is 8.83. The molecule has 0 rings (SSSR count). The molecule has 0 saturated heterocycles. The Labute approximate surface area is 182 Å². The van der Waals surface area contributed by atoms with Gasteiger partial charge in [0.05, 0.1) is 0 Å². The fourth-order valence-corrected chi connectivity index (χ4v) is 2.54. The molecule has 1 atom stereocenters. The van der Waals surface area contributed by atoms with Gasteiger partial charge in [-0.05, 0) is 19.3 Å². The van der Waals surface area contributed by atoms with Crippen LogP contribution in [-0.4, -0.2) is 51.6 Å². The van der Waals surface area contributed by atoms with E-state index in [2.05, 4.69) is 0 Å². The number of rotatable bonds is 11. The molecule has 0 nitrogen and oxygen atoms in total. The Morgan fingerprint density at radius 3 is 1.16 bits per heavy atom. The van der Waals surface area contributed by atoms with Crippen molar-refractivity contribution in [1.82, 2.24) is 0 Å². The molecule has 0 saturated carbocycles. The van der Waals surface area contributed by atoms with E-state index < -0.39 is 70.8 Å². The summed E-state index contributed by atoms with van der Waals surface area (Å²) in [5.74, 6) is -55.7. The van der Waals surface area contributed by atoms with E-state index in [1.807, 2.05) is 0 Å². The van der Waals surface area contributed by atoms with Crippen LogP contribution in [0.15, 0.2) is 0 Å². The van der Waals surface area contributed by atoms with Gasteiger partial charge in [-0.3, -0.25) is 0 Å². The van der Waals surface area contributed by atoms with Crippen LogP contribution in [0, 0.1) is 0 Å². The van der Waals surface area contributed by atoms with E-state index in [9.17, 15) is 74.6 Å². The molecular formula is C14H12F17I. The van der Waals surface area contributed by atoms with Crippen molar-refractivity contribution >= 4 is 22.6 Å². The van der Waals surface area contributed by atoms with Crippen molar-refractivity contribution in [3.63, 3.8) is 0 Å². The van der Waals surface area contributed by atoms with Gasteiger partial charge in [-0.25, -0.2) is 0 Å². The van der Waals surface area contributed by atoms with Gasteiger partial charge in [0.1, 0.15) is 0 Å². The quantitative estimate of drug-likeness (QED) is 0.122. The van der Waals surface area contributed by atoms with Gasteiger partial charge in [0.15, 0.2) is 0 Å². The topological polar surface area (TPSA) is 0 Å². The van der Waals surface area contributed by atoms with E-state index in [1.165, 1.54) is 6.92 Å². The first kappa shape index (κ1) is 31.5. The summed E-state index contributed by atoms with van der Waals surface area (Å²) in [5, 5.41) is 0. The molecule has 0 fully saturated rings. The summed E-state index contributed by atoms with van der Waals surface area (Å²) in [6, 6.07) is 0. The monoisotopic (exact) mass is 630 g/mol. The lowest BCUT2D eigenvalue weighted by Gasteiger charge is -2.42. The van der Waals surface area contributed by atoms with Crippen molar-refractivity contribution in [1.29, 1.82) is 0 Å². The number of halogens is 18. The third kappa shape index (κ3) is 4.70. The second-order valence-corrected chi connectivity index (χ2v) is 8.31. The first-order valence-corrected chi connectivity index (χ1v) is 9.30. The van der Waals surface area contributed by atoms with Gasteiger partial charge < -0.3 is 0 Å². The molecule has 18 heteroatoms. The SMILES string of the molecule is CCC(I)CCCC(F)(F)C(F)(F)C(F)(F)C(F)(F)C(F)(F)C(F)(F)C(F)(F)C(F)(F)F. The van der Waals surface area contributed by atoms with E-state index in [-0.39, 0.29) is 6.42 Å². The second kappa shape index (κ2) is 8.96. The Balaban J connectivity index is 6.36. The Morgan fingerprint density at radius 1 is 0.531 bits per heavy atom. The summed E-state index contributed by atoms with van der Waals surface area (Å²) in [6.07, 6.45) is -11.3. The van der Waals surface area contributed by atoms with E-state index in [0.717, 1.165) is 0 Å². The molecule has 0 N–H and O–H groups in total. The van der Waals surface area contributed by atoms with Crippen LogP contribution < -0.4 is 0 Å². The summed E-state index contributed by atoms with van der Waals surface area (Å²) in [5.41, 5.74) is 0. The van der Waals surface area contributed by atoms with Crippen molar-refractivity contribution in [2.75, 3.05) is 0 Å². The van der Waals surface area contributed by atoms with E-state index >= 15 is 0 Å². The summed E-state index contributed by atoms with van der Waals surface area (Å²) in [7, 11) is 0. The summed E-state index contributed by atoms with van der Waals surface area (Å²) >= 11 is 1.59. The molecular weight excluding hydrogens is 618 g/mol. The normalized spacial score (nSPS) is 17.0. The van der Waals surface area contributed by atoms with Crippen LogP contribution in [0.1, 0.15) is 32.6 Å². The van der Waals surface area contributed by atoms with Crippen molar-refractivity contribution in [3.8, 4) is 0 Å². The highest BCUT2D eigenvalue weighted by Crippen LogP contribution is 2.64. The first-order valence-electron chi connectivity index (χ1n) is 8.06. The largest absolute Gasteiger partial charge is 0.460 e. The lowest BCUT2D eigenvalue weighted by Crippen LogP contribution is -2.74. The average molecular weight is 630 g/mol. The zero-order chi connectivity index (χ0) is 26.4. The van der Waals surface area contributed by atoms with E-state index in [1.54, 1.807) is 22.6 Å². The second-order valence-electron chi connectivity index (χ2n) is 6.55. The van der Waals surface area contributed by atoms with E-state index in [0.29, 0.717) is 0 Å². The molecule has 1 unspecified atom stereocenters. The molecule has 0 aromatic rings. The zero-order valence-electron chi connectivity index (χ0n) is 15.2. The third-order valence-corrected chi connectivity index (χ3v) is 5.74. The average Bonchev–Trinajstić information content (AvgIpc) is 2.59. The van der Waals surface area contributed by atoms with Gasteiger partial charge in [0, 0.05) is 10.3 Å². The van der Waals surface area contributed by atoms with Crippen LogP contribution in [0.2, 0.25) is 0 Å². The zero-order valence-corrected chi connectivity index (χ0v) is 17.4. The maximum atomic E-state index is 13.6. The van der Waals surface area contributed by atoms with Crippen LogP contribution in [0.5, 0.6) is 0 Å². The van der Waals surface area contributed by atoms with Crippen LogP contribution in [0.25, 0.3) is 0 Å². The molecule has 32 heavy (non-hydrogen) atoms. The molecule has 0 heterocycles. The van der Waals surface area contributed by atoms with Crippen LogP contribution >= 0.6 is 22.6 Å². The van der Waals surface area contributed by atoms with Gasteiger partial charge in [-0.15, -0.1) is 0 Å². The molecule has 0 amide bonds. The van der Waals surface area contributed by atoms with Crippen LogP contribution in [0.4, 0.5) is 74.6 Å². The van der Waals surface area contributed by atoms with Crippen molar-refractivity contribution in [2.24, 2.45) is 0 Å². The highest BCUT2D eigenvalue weighted by atomic mass is 127. The number of alkyl halides is 18. The predicted octanol–water partition coefficient (Wildman–Crippen LogP) is 8.38. The predicted molar refractivity (Wildman–Crippen MR) is 82.6 cm³/mol. The fraction of sp³-hybridized carbons (Fsp3) is 1.00. The van der Waals surface area contributed by atoms with Gasteiger partial charge in [-0.2, -0.15) is 74.6 Å². The Hall–Kier alpha value is -0.460. The lowest BCUT2D eigenvalue weighted by molar-refractivity contribution is -0.461. The highest BCUT2D eigenvalue weighted by Gasteiger charge is 2.95. The first-order chi connectivity index (χ1) is 13.7. The van der Waals surface area contributed by atoms with Gasteiger partial charge >= 0.3 is 47.6 Å². The van der Waals surface area contributed by atoms with Crippen LogP contribution in [0.3, 0.4) is 0 Å². The minimum absolute atomic E-state index is 0.242. The molecule has 0 aliphatic rings. The van der Waals surface area contributed by atoms with Crippen LogP contribution in [-0.2, 0) is 0 Å². The summed E-state index contributed by atoms with van der Waals surface area (Å²) in [4.78, 5) is 0. The highest BCUT2D eigenvalue weighted by molar-refractivity contribution is 14.1.